The second-order valence-electron chi connectivity index (χ2n) is 9.41. The summed E-state index contributed by atoms with van der Waals surface area (Å²) in [6, 6.07) is 8.18. The molecule has 5 rings (SSSR count). The SMILES string of the molecule is CC(C)c1ccc(NC(=O)[C@@H]2CCCN(c3ncnc4c3nc3n4CCCCC3)C2)cc1. The fourth-order valence-corrected chi connectivity index (χ4v) is 4.94. The van der Waals surface area contributed by atoms with E-state index in [1.165, 1.54) is 24.8 Å². The second-order valence-corrected chi connectivity index (χ2v) is 9.41. The Labute approximate surface area is 189 Å². The lowest BCUT2D eigenvalue weighted by Crippen LogP contribution is -2.41. The fraction of sp³-hybridized carbons (Fsp3) is 0.520. The summed E-state index contributed by atoms with van der Waals surface area (Å²) >= 11 is 0. The van der Waals surface area contributed by atoms with E-state index in [1.807, 2.05) is 12.1 Å². The molecule has 7 nitrogen and oxygen atoms in total. The maximum absolute atomic E-state index is 13.0. The van der Waals surface area contributed by atoms with Gasteiger partial charge in [0, 0.05) is 31.7 Å². The molecule has 0 aliphatic carbocycles. The Hall–Kier alpha value is -2.96. The maximum Gasteiger partial charge on any atom is 0.229 e. The molecule has 168 valence electrons. The van der Waals surface area contributed by atoms with Crippen molar-refractivity contribution in [2.24, 2.45) is 5.92 Å². The smallest absolute Gasteiger partial charge is 0.229 e. The molecular formula is C25H32N6O. The van der Waals surface area contributed by atoms with Gasteiger partial charge in [0.05, 0.1) is 5.92 Å². The quantitative estimate of drug-likeness (QED) is 0.655. The first kappa shape index (κ1) is 20.9. The Bertz CT molecular complexity index is 1100. The molecule has 0 bridgehead atoms. The average Bonchev–Trinajstić information content (AvgIpc) is 3.00. The first-order chi connectivity index (χ1) is 15.6. The number of imidazole rings is 1. The minimum absolute atomic E-state index is 0.0704. The summed E-state index contributed by atoms with van der Waals surface area (Å²) in [5, 5.41) is 3.12. The number of nitrogens with zero attached hydrogens (tertiary/aromatic N) is 5. The Morgan fingerprint density at radius 3 is 2.72 bits per heavy atom. The van der Waals surface area contributed by atoms with Crippen LogP contribution in [0.25, 0.3) is 11.2 Å². The maximum atomic E-state index is 13.0. The Morgan fingerprint density at radius 2 is 1.91 bits per heavy atom. The first-order valence-electron chi connectivity index (χ1n) is 12.0. The van der Waals surface area contributed by atoms with E-state index in [4.69, 9.17) is 4.98 Å². The molecule has 1 saturated heterocycles. The molecule has 7 heteroatoms. The number of hydrogen-bond donors (Lipinski definition) is 1. The van der Waals surface area contributed by atoms with Gasteiger partial charge in [-0.3, -0.25) is 4.79 Å². The summed E-state index contributed by atoms with van der Waals surface area (Å²) in [7, 11) is 0. The van der Waals surface area contributed by atoms with Gasteiger partial charge in [0.1, 0.15) is 12.2 Å². The number of amides is 1. The topological polar surface area (TPSA) is 75.9 Å². The van der Waals surface area contributed by atoms with Crippen LogP contribution in [0.1, 0.15) is 63.3 Å². The zero-order valence-electron chi connectivity index (χ0n) is 19.0. The number of aromatic nitrogens is 4. The van der Waals surface area contributed by atoms with E-state index >= 15 is 0 Å². The van der Waals surface area contributed by atoms with Gasteiger partial charge in [-0.1, -0.05) is 32.4 Å². The number of benzene rings is 1. The molecule has 2 aliphatic heterocycles. The van der Waals surface area contributed by atoms with Gasteiger partial charge in [-0.05, 0) is 49.3 Å². The molecule has 0 spiro atoms. The summed E-state index contributed by atoms with van der Waals surface area (Å²) in [5.41, 5.74) is 3.95. The highest BCUT2D eigenvalue weighted by molar-refractivity contribution is 5.93. The number of carbonyl (C=O) groups is 1. The number of carbonyl (C=O) groups excluding carboxylic acids is 1. The van der Waals surface area contributed by atoms with E-state index in [1.54, 1.807) is 6.33 Å². The highest BCUT2D eigenvalue weighted by atomic mass is 16.1. The van der Waals surface area contributed by atoms with Crippen LogP contribution in [0.5, 0.6) is 0 Å². The molecule has 0 saturated carbocycles. The normalized spacial score (nSPS) is 19.1. The van der Waals surface area contributed by atoms with Crippen molar-refractivity contribution in [3.8, 4) is 0 Å². The van der Waals surface area contributed by atoms with Crippen LogP contribution in [-0.4, -0.2) is 38.5 Å². The third-order valence-electron chi connectivity index (χ3n) is 6.81. The number of hydrogen-bond acceptors (Lipinski definition) is 5. The number of nitrogens with one attached hydrogen (secondary N) is 1. The van der Waals surface area contributed by atoms with Crippen LogP contribution in [0.2, 0.25) is 0 Å². The van der Waals surface area contributed by atoms with Gasteiger partial charge in [-0.25, -0.2) is 15.0 Å². The van der Waals surface area contributed by atoms with Crippen molar-refractivity contribution in [1.82, 2.24) is 19.5 Å². The Morgan fingerprint density at radius 1 is 1.06 bits per heavy atom. The monoisotopic (exact) mass is 432 g/mol. The molecule has 0 unspecified atom stereocenters. The molecule has 2 aliphatic rings. The number of rotatable bonds is 4. The lowest BCUT2D eigenvalue weighted by Gasteiger charge is -2.32. The van der Waals surface area contributed by atoms with E-state index in [0.717, 1.165) is 60.8 Å². The van der Waals surface area contributed by atoms with Gasteiger partial charge in [0.2, 0.25) is 5.91 Å². The molecule has 2 aromatic heterocycles. The van der Waals surface area contributed by atoms with Crippen LogP contribution in [0, 0.1) is 5.92 Å². The molecule has 4 heterocycles. The summed E-state index contributed by atoms with van der Waals surface area (Å²) in [6.07, 6.45) is 8.08. The second kappa shape index (κ2) is 8.88. The first-order valence-corrected chi connectivity index (χ1v) is 12.0. The van der Waals surface area contributed by atoms with E-state index in [9.17, 15) is 4.79 Å². The van der Waals surface area contributed by atoms with Gasteiger partial charge in [-0.15, -0.1) is 0 Å². The molecule has 1 N–H and O–H groups in total. The van der Waals surface area contributed by atoms with Crippen LogP contribution in [0.3, 0.4) is 0 Å². The lowest BCUT2D eigenvalue weighted by molar-refractivity contribution is -0.120. The van der Waals surface area contributed by atoms with Crippen molar-refractivity contribution in [3.05, 3.63) is 42.0 Å². The van der Waals surface area contributed by atoms with Gasteiger partial charge >= 0.3 is 0 Å². The molecule has 1 aromatic carbocycles. The van der Waals surface area contributed by atoms with Gasteiger partial charge < -0.3 is 14.8 Å². The minimum Gasteiger partial charge on any atom is -0.354 e. The highest BCUT2D eigenvalue weighted by Crippen LogP contribution is 2.30. The molecule has 1 amide bonds. The zero-order valence-corrected chi connectivity index (χ0v) is 19.0. The molecule has 1 fully saturated rings. The van der Waals surface area contributed by atoms with Crippen molar-refractivity contribution in [3.63, 3.8) is 0 Å². The number of anilines is 2. The minimum atomic E-state index is -0.0704. The number of piperidine rings is 1. The molecule has 32 heavy (non-hydrogen) atoms. The molecular weight excluding hydrogens is 400 g/mol. The molecule has 0 radical (unpaired) electrons. The van der Waals surface area contributed by atoms with Crippen LogP contribution in [0.4, 0.5) is 11.5 Å². The highest BCUT2D eigenvalue weighted by Gasteiger charge is 2.29. The Balaban J connectivity index is 1.33. The van der Waals surface area contributed by atoms with E-state index in [0.29, 0.717) is 12.5 Å². The third kappa shape index (κ3) is 4.08. The van der Waals surface area contributed by atoms with Crippen molar-refractivity contribution in [2.45, 2.75) is 64.8 Å². The van der Waals surface area contributed by atoms with Crippen molar-refractivity contribution < 1.29 is 4.79 Å². The van der Waals surface area contributed by atoms with Crippen LogP contribution in [0.15, 0.2) is 30.6 Å². The van der Waals surface area contributed by atoms with Gasteiger partial charge in [-0.2, -0.15) is 0 Å². The van der Waals surface area contributed by atoms with E-state index < -0.39 is 0 Å². The Kier molecular flexibility index (Phi) is 5.81. The van der Waals surface area contributed by atoms with Crippen LogP contribution in [-0.2, 0) is 17.8 Å². The average molecular weight is 433 g/mol. The third-order valence-corrected chi connectivity index (χ3v) is 6.81. The van der Waals surface area contributed by atoms with E-state index in [2.05, 4.69) is 50.7 Å². The molecule has 3 aromatic rings. The summed E-state index contributed by atoms with van der Waals surface area (Å²) in [6.45, 7) is 6.87. The summed E-state index contributed by atoms with van der Waals surface area (Å²) in [5.74, 6) is 2.48. The fourth-order valence-electron chi connectivity index (χ4n) is 4.94. The molecule has 1 atom stereocenters. The van der Waals surface area contributed by atoms with Crippen LogP contribution < -0.4 is 10.2 Å². The van der Waals surface area contributed by atoms with Crippen LogP contribution >= 0.6 is 0 Å². The summed E-state index contributed by atoms with van der Waals surface area (Å²) in [4.78, 5) is 29.4. The lowest BCUT2D eigenvalue weighted by atomic mass is 9.96. The zero-order chi connectivity index (χ0) is 22.1. The van der Waals surface area contributed by atoms with Crippen molar-refractivity contribution in [1.29, 1.82) is 0 Å². The van der Waals surface area contributed by atoms with Gasteiger partial charge in [0.25, 0.3) is 0 Å². The summed E-state index contributed by atoms with van der Waals surface area (Å²) < 4.78 is 2.27. The largest absolute Gasteiger partial charge is 0.354 e. The predicted octanol–water partition coefficient (Wildman–Crippen LogP) is 4.53. The van der Waals surface area contributed by atoms with E-state index in [-0.39, 0.29) is 11.8 Å². The number of fused-ring (bicyclic) bond motifs is 3. The van der Waals surface area contributed by atoms with Crippen molar-refractivity contribution in [2.75, 3.05) is 23.3 Å². The van der Waals surface area contributed by atoms with Crippen molar-refractivity contribution >= 4 is 28.6 Å². The predicted molar refractivity (Wildman–Crippen MR) is 127 cm³/mol. The number of aryl methyl sites for hydroxylation is 2. The van der Waals surface area contributed by atoms with Gasteiger partial charge in [0.15, 0.2) is 17.0 Å². The standard InChI is InChI=1S/C25H32N6O/c1-17(2)18-9-11-20(12-10-18)28-25(32)19-7-6-13-30(15-19)23-22-24(27-16-26-23)31-14-5-3-4-8-21(31)29-22/h9-12,16-17,19H,3-8,13-15H2,1-2H3,(H,28,32)/t19-/m1/s1.